The Bertz CT molecular complexity index is 819. The van der Waals surface area contributed by atoms with Crippen LogP contribution in [0.4, 0.5) is 0 Å². The maximum atomic E-state index is 4.43. The molecule has 0 N–H and O–H groups in total. The Hall–Kier alpha value is -2.08. The molecule has 2 aromatic rings. The quantitative estimate of drug-likeness (QED) is 0.544. The Kier molecular flexibility index (Phi) is 4.03. The second-order valence-corrected chi connectivity index (χ2v) is 8.10. The zero-order valence-electron chi connectivity index (χ0n) is 15.6. The van der Waals surface area contributed by atoms with E-state index in [1.807, 2.05) is 0 Å². The highest BCUT2D eigenvalue weighted by atomic mass is 14.6. The third kappa shape index (κ3) is 2.75. The molecule has 124 valence electrons. The molecule has 1 aliphatic carbocycles. The van der Waals surface area contributed by atoms with Gasteiger partial charge in [0, 0.05) is 0 Å². The molecule has 0 heterocycles. The summed E-state index contributed by atoms with van der Waals surface area (Å²) in [4.78, 5) is 0. The summed E-state index contributed by atoms with van der Waals surface area (Å²) in [6.45, 7) is 15.9. The molecular formula is C24H28. The lowest BCUT2D eigenvalue weighted by Gasteiger charge is -2.21. The minimum Gasteiger partial charge on any atom is -0.0909 e. The number of aryl methyl sites for hydroxylation is 1. The first-order chi connectivity index (χ1) is 11.3. The monoisotopic (exact) mass is 316 g/mol. The highest BCUT2D eigenvalue weighted by molar-refractivity contribution is 5.84. The highest BCUT2D eigenvalue weighted by Gasteiger charge is 2.58. The molecule has 0 nitrogen and oxygen atoms in total. The van der Waals surface area contributed by atoms with Crippen molar-refractivity contribution in [1.82, 2.24) is 0 Å². The Labute approximate surface area is 146 Å². The number of hydrogen-bond acceptors (Lipinski definition) is 0. The molecular weight excluding hydrogens is 288 g/mol. The molecule has 1 fully saturated rings. The average molecular weight is 316 g/mol. The van der Waals surface area contributed by atoms with E-state index in [2.05, 4.69) is 95.8 Å². The minimum atomic E-state index is 0.259. The second-order valence-electron chi connectivity index (χ2n) is 8.10. The van der Waals surface area contributed by atoms with Gasteiger partial charge in [0.1, 0.15) is 0 Å². The lowest BCUT2D eigenvalue weighted by molar-refractivity contribution is 0.528. The van der Waals surface area contributed by atoms with Crippen molar-refractivity contribution in [3.63, 3.8) is 0 Å². The topological polar surface area (TPSA) is 0 Å². The molecule has 0 amide bonds. The van der Waals surface area contributed by atoms with Crippen LogP contribution in [0.2, 0.25) is 0 Å². The van der Waals surface area contributed by atoms with Crippen molar-refractivity contribution in [2.24, 2.45) is 5.41 Å². The summed E-state index contributed by atoms with van der Waals surface area (Å²) in [5, 5.41) is 0. The van der Waals surface area contributed by atoms with Gasteiger partial charge >= 0.3 is 0 Å². The number of hydrogen-bond donors (Lipinski definition) is 0. The van der Waals surface area contributed by atoms with Crippen LogP contribution < -0.4 is 0 Å². The zero-order valence-corrected chi connectivity index (χ0v) is 15.6. The van der Waals surface area contributed by atoms with Gasteiger partial charge in [0.05, 0.1) is 0 Å². The number of rotatable bonds is 4. The first-order valence-corrected chi connectivity index (χ1v) is 8.79. The van der Waals surface area contributed by atoms with Crippen LogP contribution in [-0.4, -0.2) is 0 Å². The van der Waals surface area contributed by atoms with E-state index in [1.54, 1.807) is 0 Å². The zero-order chi connectivity index (χ0) is 17.5. The fourth-order valence-electron chi connectivity index (χ4n) is 3.81. The van der Waals surface area contributed by atoms with Crippen LogP contribution >= 0.6 is 0 Å². The largest absolute Gasteiger partial charge is 0.0909 e. The Balaban J connectivity index is 1.99. The molecule has 1 saturated carbocycles. The first-order valence-electron chi connectivity index (χ1n) is 8.79. The smallest absolute Gasteiger partial charge is 0.00123 e. The lowest BCUT2D eigenvalue weighted by Crippen LogP contribution is -2.12. The van der Waals surface area contributed by atoms with E-state index in [-0.39, 0.29) is 5.41 Å². The van der Waals surface area contributed by atoms with Crippen LogP contribution in [-0.2, 0) is 5.41 Å². The predicted molar refractivity (Wildman–Crippen MR) is 106 cm³/mol. The van der Waals surface area contributed by atoms with E-state index in [0.717, 1.165) is 5.57 Å². The van der Waals surface area contributed by atoms with Gasteiger partial charge in [-0.25, -0.2) is 0 Å². The normalized spacial score (nSPS) is 22.3. The maximum Gasteiger partial charge on any atom is -0.00123 e. The van der Waals surface area contributed by atoms with Gasteiger partial charge < -0.3 is 0 Å². The van der Waals surface area contributed by atoms with Crippen molar-refractivity contribution < 1.29 is 0 Å². The predicted octanol–water partition coefficient (Wildman–Crippen LogP) is 6.80. The van der Waals surface area contributed by atoms with Gasteiger partial charge in [-0.2, -0.15) is 0 Å². The number of benzene rings is 2. The molecule has 2 aromatic carbocycles. The van der Waals surface area contributed by atoms with Crippen LogP contribution in [0.1, 0.15) is 56.4 Å². The molecule has 0 spiro atoms. The lowest BCUT2D eigenvalue weighted by atomic mass is 9.83. The average Bonchev–Trinajstić information content (AvgIpc) is 3.08. The van der Waals surface area contributed by atoms with Gasteiger partial charge in [-0.1, -0.05) is 82.0 Å². The van der Waals surface area contributed by atoms with Gasteiger partial charge in [0.15, 0.2) is 0 Å². The van der Waals surface area contributed by atoms with E-state index in [9.17, 15) is 0 Å². The Morgan fingerprint density at radius 1 is 1.00 bits per heavy atom. The summed E-state index contributed by atoms with van der Waals surface area (Å²) in [6, 6.07) is 17.3. The van der Waals surface area contributed by atoms with Gasteiger partial charge in [-0.3, -0.25) is 0 Å². The van der Waals surface area contributed by atoms with Crippen molar-refractivity contribution in [3.8, 4) is 0 Å². The first kappa shape index (κ1) is 16.8. The molecule has 0 bridgehead atoms. The van der Waals surface area contributed by atoms with E-state index < -0.39 is 0 Å². The van der Waals surface area contributed by atoms with Crippen molar-refractivity contribution in [2.75, 3.05) is 0 Å². The minimum absolute atomic E-state index is 0.259. The van der Waals surface area contributed by atoms with Gasteiger partial charge in [0.25, 0.3) is 0 Å². The van der Waals surface area contributed by atoms with Gasteiger partial charge in [0.2, 0.25) is 0 Å². The van der Waals surface area contributed by atoms with Crippen molar-refractivity contribution in [1.29, 1.82) is 0 Å². The fraction of sp³-hybridized carbons (Fsp3) is 0.333. The fourth-order valence-corrected chi connectivity index (χ4v) is 3.81. The molecule has 0 saturated heterocycles. The molecule has 3 rings (SSSR count). The van der Waals surface area contributed by atoms with E-state index in [4.69, 9.17) is 0 Å². The van der Waals surface area contributed by atoms with Crippen LogP contribution in [0.3, 0.4) is 0 Å². The SMILES string of the molecule is C=C(/C(C)=C\c1ccccc1C)c1ccccc1C1(C)CC1(C)C. The van der Waals surface area contributed by atoms with Crippen molar-refractivity contribution in [3.05, 3.63) is 82.9 Å². The standard InChI is InChI=1S/C24H28/c1-17-11-7-8-12-20(17)15-18(2)19(3)21-13-9-10-14-22(21)24(6)16-23(24,4)5/h7-15H,3,16H2,1-2,4-6H3/b18-15-. The van der Waals surface area contributed by atoms with E-state index in [0.29, 0.717) is 5.41 Å². The molecule has 0 aromatic heterocycles. The third-order valence-electron chi connectivity index (χ3n) is 6.05. The molecule has 0 heteroatoms. The summed E-state index contributed by atoms with van der Waals surface area (Å²) in [5.41, 5.74) is 8.31. The second kappa shape index (κ2) is 5.77. The van der Waals surface area contributed by atoms with Crippen molar-refractivity contribution >= 4 is 11.6 Å². The molecule has 1 aliphatic rings. The summed E-state index contributed by atoms with van der Waals surface area (Å²) < 4.78 is 0. The van der Waals surface area contributed by atoms with E-state index >= 15 is 0 Å². The van der Waals surface area contributed by atoms with Crippen LogP contribution in [0, 0.1) is 12.3 Å². The number of allylic oxidation sites excluding steroid dienone is 2. The van der Waals surface area contributed by atoms with Crippen LogP contribution in [0.25, 0.3) is 11.6 Å². The van der Waals surface area contributed by atoms with Gasteiger partial charge in [-0.15, -0.1) is 0 Å². The summed E-state index contributed by atoms with van der Waals surface area (Å²) >= 11 is 0. The summed E-state index contributed by atoms with van der Waals surface area (Å²) in [7, 11) is 0. The van der Waals surface area contributed by atoms with Crippen LogP contribution in [0.15, 0.2) is 60.7 Å². The Morgan fingerprint density at radius 3 is 2.21 bits per heavy atom. The maximum absolute atomic E-state index is 4.43. The molecule has 24 heavy (non-hydrogen) atoms. The molecule has 0 aliphatic heterocycles. The third-order valence-corrected chi connectivity index (χ3v) is 6.05. The summed E-state index contributed by atoms with van der Waals surface area (Å²) in [5.74, 6) is 0. The van der Waals surface area contributed by atoms with Crippen molar-refractivity contribution in [2.45, 2.75) is 46.5 Å². The molecule has 0 radical (unpaired) electrons. The van der Waals surface area contributed by atoms with Crippen LogP contribution in [0.5, 0.6) is 0 Å². The van der Waals surface area contributed by atoms with Gasteiger partial charge in [-0.05, 0) is 64.5 Å². The van der Waals surface area contributed by atoms with E-state index in [1.165, 1.54) is 34.2 Å². The molecule has 1 atom stereocenters. The summed E-state index contributed by atoms with van der Waals surface area (Å²) in [6.07, 6.45) is 3.50. The molecule has 1 unspecified atom stereocenters. The highest BCUT2D eigenvalue weighted by Crippen LogP contribution is 2.65. The Morgan fingerprint density at radius 2 is 1.58 bits per heavy atom.